The lowest BCUT2D eigenvalue weighted by atomic mass is 9.95. The first-order valence-electron chi connectivity index (χ1n) is 16.0. The SMILES string of the molecule is CC[C@H](C)CCNN(C(=O)[C@@H](CCc1ccc(OC)c(OC)c1)c1cncn1Cc1ccc(C#N)cc1)C(=S)Nc1ccc(OC)cc1. The lowest BCUT2D eigenvalue weighted by molar-refractivity contribution is -0.131. The Labute approximate surface area is 288 Å². The smallest absolute Gasteiger partial charge is 0.252 e. The van der Waals surface area contributed by atoms with E-state index in [4.69, 9.17) is 26.4 Å². The minimum Gasteiger partial charge on any atom is -0.497 e. The molecule has 0 radical (unpaired) electrons. The van der Waals surface area contributed by atoms with Crippen molar-refractivity contribution < 1.29 is 19.0 Å². The van der Waals surface area contributed by atoms with Gasteiger partial charge in [0.05, 0.1) is 50.9 Å². The molecule has 2 atom stereocenters. The summed E-state index contributed by atoms with van der Waals surface area (Å²) in [4.78, 5) is 19.2. The fourth-order valence-electron chi connectivity index (χ4n) is 5.27. The maximum absolute atomic E-state index is 14.7. The second kappa shape index (κ2) is 17.8. The van der Waals surface area contributed by atoms with Crippen LogP contribution >= 0.6 is 12.2 Å². The summed E-state index contributed by atoms with van der Waals surface area (Å²) in [7, 11) is 4.82. The summed E-state index contributed by atoms with van der Waals surface area (Å²) in [5, 5.41) is 14.2. The first kappa shape index (κ1) is 35.9. The van der Waals surface area contributed by atoms with Gasteiger partial charge in [-0.1, -0.05) is 38.5 Å². The number of aryl methyl sites for hydroxylation is 1. The Balaban J connectivity index is 1.68. The van der Waals surface area contributed by atoms with Crippen LogP contribution in [0.2, 0.25) is 0 Å². The van der Waals surface area contributed by atoms with Gasteiger partial charge in [-0.25, -0.2) is 15.4 Å². The Morgan fingerprint density at radius 3 is 2.33 bits per heavy atom. The van der Waals surface area contributed by atoms with Crippen LogP contribution in [-0.4, -0.2) is 53.5 Å². The maximum atomic E-state index is 14.7. The normalized spacial score (nSPS) is 12.0. The number of benzene rings is 3. The number of methoxy groups -OCH3 is 3. The molecule has 0 aliphatic heterocycles. The Bertz CT molecular complexity index is 1680. The molecule has 0 unspecified atom stereocenters. The molecule has 4 rings (SSSR count). The molecule has 0 aliphatic rings. The molecule has 252 valence electrons. The van der Waals surface area contributed by atoms with Crippen molar-refractivity contribution in [2.75, 3.05) is 33.2 Å². The zero-order valence-corrected chi connectivity index (χ0v) is 29.0. The molecule has 0 fully saturated rings. The van der Waals surface area contributed by atoms with Crippen LogP contribution in [0.4, 0.5) is 5.69 Å². The lowest BCUT2D eigenvalue weighted by Gasteiger charge is -2.29. The minimum atomic E-state index is -0.606. The molecule has 0 aliphatic carbocycles. The molecular formula is C37H44N6O4S. The van der Waals surface area contributed by atoms with E-state index in [-0.39, 0.29) is 11.0 Å². The van der Waals surface area contributed by atoms with E-state index in [1.54, 1.807) is 46.0 Å². The number of hydrogen-bond acceptors (Lipinski definition) is 8. The molecule has 11 heteroatoms. The molecule has 0 spiro atoms. The summed E-state index contributed by atoms with van der Waals surface area (Å²) in [5.41, 5.74) is 7.40. The van der Waals surface area contributed by atoms with E-state index in [0.717, 1.165) is 41.1 Å². The van der Waals surface area contributed by atoms with Crippen molar-refractivity contribution in [1.82, 2.24) is 20.0 Å². The van der Waals surface area contributed by atoms with Gasteiger partial charge in [-0.3, -0.25) is 4.79 Å². The summed E-state index contributed by atoms with van der Waals surface area (Å²) in [6.07, 6.45) is 6.45. The molecule has 3 aromatic carbocycles. The molecule has 1 heterocycles. The number of hydrogen-bond donors (Lipinski definition) is 2. The van der Waals surface area contributed by atoms with Crippen LogP contribution < -0.4 is 25.0 Å². The number of nitriles is 1. The van der Waals surface area contributed by atoms with Crippen molar-refractivity contribution in [2.24, 2.45) is 5.92 Å². The highest BCUT2D eigenvalue weighted by Gasteiger charge is 2.31. The van der Waals surface area contributed by atoms with Crippen LogP contribution in [0.3, 0.4) is 0 Å². The number of amides is 1. The molecule has 10 nitrogen and oxygen atoms in total. The fraction of sp³-hybridized carbons (Fsp3) is 0.351. The number of nitrogens with one attached hydrogen (secondary N) is 2. The van der Waals surface area contributed by atoms with E-state index in [2.05, 4.69) is 35.6 Å². The molecule has 0 bridgehead atoms. The van der Waals surface area contributed by atoms with Crippen LogP contribution in [-0.2, 0) is 17.8 Å². The molecular weight excluding hydrogens is 625 g/mol. The van der Waals surface area contributed by atoms with Gasteiger partial charge < -0.3 is 24.1 Å². The van der Waals surface area contributed by atoms with Crippen molar-refractivity contribution in [3.63, 3.8) is 0 Å². The Morgan fingerprint density at radius 2 is 1.69 bits per heavy atom. The van der Waals surface area contributed by atoms with Gasteiger partial charge in [0.1, 0.15) is 5.75 Å². The number of hydrazine groups is 1. The summed E-state index contributed by atoms with van der Waals surface area (Å²) >= 11 is 5.87. The number of carbonyl (C=O) groups is 1. The Hall–Kier alpha value is -4.92. The van der Waals surface area contributed by atoms with Crippen molar-refractivity contribution >= 4 is 28.9 Å². The van der Waals surface area contributed by atoms with Gasteiger partial charge in [-0.15, -0.1) is 0 Å². The van der Waals surface area contributed by atoms with Gasteiger partial charge >= 0.3 is 0 Å². The third-order valence-electron chi connectivity index (χ3n) is 8.37. The first-order chi connectivity index (χ1) is 23.3. The van der Waals surface area contributed by atoms with Crippen molar-refractivity contribution in [1.29, 1.82) is 5.26 Å². The number of aromatic nitrogens is 2. The van der Waals surface area contributed by atoms with Crippen LogP contribution in [0.5, 0.6) is 17.2 Å². The number of thiocarbonyl (C=S) groups is 1. The summed E-state index contributed by atoms with van der Waals surface area (Å²) in [6, 6.07) is 22.7. The average Bonchev–Trinajstić information content (AvgIpc) is 3.57. The standard InChI is InChI=1S/C37H44N6O4S/c1-6-26(2)19-20-40-43(37(48)41-30-13-15-31(45-3)16-14-30)36(44)32(17-11-27-12-18-34(46-4)35(21-27)47-5)33-23-39-25-42(33)24-29-9-7-28(22-38)8-10-29/h7-10,12-16,18,21,23,25-26,32,40H,6,11,17,19-20,24H2,1-5H3,(H,41,48)/t26-,32-/m0/s1. The third-order valence-corrected chi connectivity index (χ3v) is 8.66. The second-order valence-corrected chi connectivity index (χ2v) is 12.0. The fourth-order valence-corrected chi connectivity index (χ4v) is 5.54. The van der Waals surface area contributed by atoms with Crippen molar-refractivity contribution in [2.45, 2.75) is 52.0 Å². The molecule has 4 aromatic rings. The quantitative estimate of drug-likeness (QED) is 0.0993. The summed E-state index contributed by atoms with van der Waals surface area (Å²) in [6.45, 7) is 5.40. The van der Waals surface area contributed by atoms with Gasteiger partial charge in [0.25, 0.3) is 5.91 Å². The van der Waals surface area contributed by atoms with Gasteiger partial charge in [0.2, 0.25) is 0 Å². The summed E-state index contributed by atoms with van der Waals surface area (Å²) < 4.78 is 18.3. The lowest BCUT2D eigenvalue weighted by Crippen LogP contribution is -2.51. The van der Waals surface area contributed by atoms with Crippen molar-refractivity contribution in [3.8, 4) is 23.3 Å². The largest absolute Gasteiger partial charge is 0.497 e. The topological polar surface area (TPSA) is 114 Å². The van der Waals surface area contributed by atoms with Crippen LogP contribution in [0.15, 0.2) is 79.3 Å². The number of nitrogens with zero attached hydrogens (tertiary/aromatic N) is 4. The average molecular weight is 669 g/mol. The highest BCUT2D eigenvalue weighted by Crippen LogP contribution is 2.31. The van der Waals surface area contributed by atoms with Crippen LogP contribution in [0, 0.1) is 17.2 Å². The second-order valence-electron chi connectivity index (χ2n) is 11.6. The third kappa shape index (κ3) is 9.56. The van der Waals surface area contributed by atoms with E-state index >= 15 is 0 Å². The number of carbonyl (C=O) groups excluding carboxylic acids is 1. The molecule has 0 saturated carbocycles. The monoisotopic (exact) mass is 668 g/mol. The Morgan fingerprint density at radius 1 is 0.979 bits per heavy atom. The van der Waals surface area contributed by atoms with Crippen LogP contribution in [0.1, 0.15) is 61.4 Å². The minimum absolute atomic E-state index is 0.202. The highest BCUT2D eigenvalue weighted by atomic mass is 32.1. The van der Waals surface area contributed by atoms with E-state index < -0.39 is 5.92 Å². The molecule has 1 amide bonds. The molecule has 0 saturated heterocycles. The highest BCUT2D eigenvalue weighted by molar-refractivity contribution is 7.80. The van der Waals surface area contributed by atoms with Crippen LogP contribution in [0.25, 0.3) is 0 Å². The van der Waals surface area contributed by atoms with Gasteiger partial charge in [0, 0.05) is 25.0 Å². The van der Waals surface area contributed by atoms with Gasteiger partial charge in [0.15, 0.2) is 16.6 Å². The summed E-state index contributed by atoms with van der Waals surface area (Å²) in [5.74, 6) is 1.66. The number of anilines is 1. The van der Waals surface area contributed by atoms with E-state index in [1.165, 1.54) is 5.01 Å². The van der Waals surface area contributed by atoms with E-state index in [9.17, 15) is 10.1 Å². The number of rotatable bonds is 16. The molecule has 1 aromatic heterocycles. The maximum Gasteiger partial charge on any atom is 0.252 e. The molecule has 48 heavy (non-hydrogen) atoms. The van der Waals surface area contributed by atoms with Gasteiger partial charge in [-0.05, 0) is 97.1 Å². The Kier molecular flexibility index (Phi) is 13.4. The first-order valence-corrected chi connectivity index (χ1v) is 16.4. The number of ether oxygens (including phenoxy) is 3. The number of imidazole rings is 1. The zero-order valence-electron chi connectivity index (χ0n) is 28.2. The molecule has 2 N–H and O–H groups in total. The van der Waals surface area contributed by atoms with E-state index in [0.29, 0.717) is 48.9 Å². The predicted molar refractivity (Wildman–Crippen MR) is 191 cm³/mol. The zero-order chi connectivity index (χ0) is 34.5. The van der Waals surface area contributed by atoms with Gasteiger partial charge in [-0.2, -0.15) is 5.26 Å². The van der Waals surface area contributed by atoms with E-state index in [1.807, 2.05) is 59.2 Å². The van der Waals surface area contributed by atoms with Crippen molar-refractivity contribution in [3.05, 3.63) is 102 Å². The predicted octanol–water partition coefficient (Wildman–Crippen LogP) is 6.71.